The summed E-state index contributed by atoms with van der Waals surface area (Å²) in [6, 6.07) is 5.28. The molecule has 2 rings (SSSR count). The molecule has 0 saturated heterocycles. The van der Waals surface area contributed by atoms with Gasteiger partial charge in [-0.2, -0.15) is 0 Å². The Morgan fingerprint density at radius 1 is 1.28 bits per heavy atom. The summed E-state index contributed by atoms with van der Waals surface area (Å²) in [6.45, 7) is 4.52. The van der Waals surface area contributed by atoms with Crippen molar-refractivity contribution >= 4 is 29.0 Å². The summed E-state index contributed by atoms with van der Waals surface area (Å²) in [7, 11) is 3.11. The number of methoxy groups -OCH3 is 2. The Hall–Kier alpha value is -2.56. The van der Waals surface area contributed by atoms with E-state index in [4.69, 9.17) is 26.4 Å². The van der Waals surface area contributed by atoms with Crippen LogP contribution in [0.25, 0.3) is 0 Å². The minimum absolute atomic E-state index is 0.0348. The highest BCUT2D eigenvalue weighted by Crippen LogP contribution is 2.33. The number of non-ortho nitro benzene ring substituents is 1. The van der Waals surface area contributed by atoms with Gasteiger partial charge in [-0.05, 0) is 43.8 Å². The van der Waals surface area contributed by atoms with Crippen LogP contribution in [0.4, 0.5) is 5.69 Å². The van der Waals surface area contributed by atoms with Gasteiger partial charge in [-0.1, -0.05) is 0 Å². The van der Waals surface area contributed by atoms with Crippen LogP contribution in [0.1, 0.15) is 25.5 Å². The summed E-state index contributed by atoms with van der Waals surface area (Å²) in [5, 5.41) is 14.5. The molecule has 1 aliphatic rings. The van der Waals surface area contributed by atoms with E-state index >= 15 is 0 Å². The van der Waals surface area contributed by atoms with Crippen molar-refractivity contribution in [2.24, 2.45) is 0 Å². The van der Waals surface area contributed by atoms with Crippen LogP contribution in [0.2, 0.25) is 0 Å². The van der Waals surface area contributed by atoms with E-state index in [1.165, 1.54) is 19.2 Å². The SMILES string of the molecule is COCCOC(=O)C1=C(C)N([C@@H](C)COC)C(=S)N[C@@H]1c1ccc([N+](=O)[O-])cc1. The van der Waals surface area contributed by atoms with E-state index in [1.807, 2.05) is 11.8 Å². The smallest absolute Gasteiger partial charge is 0.338 e. The van der Waals surface area contributed by atoms with E-state index < -0.39 is 16.9 Å². The van der Waals surface area contributed by atoms with Crippen molar-refractivity contribution in [2.75, 3.05) is 34.0 Å². The van der Waals surface area contributed by atoms with Crippen LogP contribution in [-0.4, -0.2) is 61.0 Å². The summed E-state index contributed by atoms with van der Waals surface area (Å²) in [5.74, 6) is -0.507. The summed E-state index contributed by atoms with van der Waals surface area (Å²) in [4.78, 5) is 25.2. The molecule has 0 unspecified atom stereocenters. The summed E-state index contributed by atoms with van der Waals surface area (Å²) in [6.07, 6.45) is 0. The maximum atomic E-state index is 12.9. The summed E-state index contributed by atoms with van der Waals surface area (Å²) >= 11 is 5.53. The minimum atomic E-state index is -0.593. The Morgan fingerprint density at radius 3 is 2.48 bits per heavy atom. The highest BCUT2D eigenvalue weighted by atomic mass is 32.1. The fourth-order valence-electron chi connectivity index (χ4n) is 3.20. The van der Waals surface area contributed by atoms with Gasteiger partial charge in [0.1, 0.15) is 6.61 Å². The predicted octanol–water partition coefficient (Wildman–Crippen LogP) is 2.32. The van der Waals surface area contributed by atoms with Crippen molar-refractivity contribution in [3.05, 3.63) is 51.2 Å². The molecule has 0 saturated carbocycles. The van der Waals surface area contributed by atoms with Crippen LogP contribution >= 0.6 is 12.2 Å². The first-order chi connectivity index (χ1) is 13.8. The molecule has 0 bridgehead atoms. The van der Waals surface area contributed by atoms with Crippen molar-refractivity contribution in [1.29, 1.82) is 0 Å². The molecule has 1 heterocycles. The quantitative estimate of drug-likeness (QED) is 0.211. The van der Waals surface area contributed by atoms with Crippen LogP contribution in [0.15, 0.2) is 35.5 Å². The van der Waals surface area contributed by atoms with Crippen LogP contribution in [0.5, 0.6) is 0 Å². The number of carbonyl (C=O) groups excluding carboxylic acids is 1. The first kappa shape index (κ1) is 22.7. The molecule has 0 aliphatic carbocycles. The van der Waals surface area contributed by atoms with Crippen molar-refractivity contribution in [3.8, 4) is 0 Å². The molecule has 10 heteroatoms. The summed E-state index contributed by atoms with van der Waals surface area (Å²) < 4.78 is 15.5. The van der Waals surface area contributed by atoms with E-state index in [0.717, 1.165) is 0 Å². The maximum absolute atomic E-state index is 12.9. The molecule has 0 spiro atoms. The molecule has 158 valence electrons. The van der Waals surface area contributed by atoms with Gasteiger partial charge in [-0.25, -0.2) is 4.79 Å². The number of nitrogens with zero attached hydrogens (tertiary/aromatic N) is 2. The van der Waals surface area contributed by atoms with Gasteiger partial charge in [-0.3, -0.25) is 10.1 Å². The number of esters is 1. The summed E-state index contributed by atoms with van der Waals surface area (Å²) in [5.41, 5.74) is 1.65. The molecule has 0 radical (unpaired) electrons. The fourth-order valence-corrected chi connectivity index (χ4v) is 3.64. The zero-order valence-corrected chi connectivity index (χ0v) is 17.7. The topological polar surface area (TPSA) is 103 Å². The molecule has 0 amide bonds. The molecule has 1 aliphatic heterocycles. The predicted molar refractivity (Wildman–Crippen MR) is 110 cm³/mol. The van der Waals surface area contributed by atoms with Crippen molar-refractivity contribution in [1.82, 2.24) is 10.2 Å². The van der Waals surface area contributed by atoms with Crippen molar-refractivity contribution < 1.29 is 23.9 Å². The zero-order chi connectivity index (χ0) is 21.6. The van der Waals surface area contributed by atoms with Gasteiger partial charge in [0.2, 0.25) is 0 Å². The Morgan fingerprint density at radius 2 is 1.93 bits per heavy atom. The normalized spacial score (nSPS) is 17.7. The second kappa shape index (κ2) is 10.3. The molecule has 1 aromatic carbocycles. The van der Waals surface area contributed by atoms with Crippen LogP contribution in [0, 0.1) is 10.1 Å². The molecular formula is C19H25N3O6S. The number of nitro benzene ring substituents is 1. The second-order valence-corrected chi connectivity index (χ2v) is 6.92. The zero-order valence-electron chi connectivity index (χ0n) is 16.8. The number of thiocarbonyl (C=S) groups is 1. The Kier molecular flexibility index (Phi) is 8.06. The lowest BCUT2D eigenvalue weighted by molar-refractivity contribution is -0.384. The number of carbonyl (C=O) groups is 1. The number of ether oxygens (including phenoxy) is 3. The van der Waals surface area contributed by atoms with E-state index in [0.29, 0.717) is 28.6 Å². The number of benzene rings is 1. The first-order valence-corrected chi connectivity index (χ1v) is 9.42. The molecule has 1 aromatic rings. The first-order valence-electron chi connectivity index (χ1n) is 9.01. The van der Waals surface area contributed by atoms with Gasteiger partial charge in [0.05, 0.1) is 35.8 Å². The highest BCUT2D eigenvalue weighted by molar-refractivity contribution is 7.80. The monoisotopic (exact) mass is 423 g/mol. The Bertz CT molecular complexity index is 796. The third-order valence-corrected chi connectivity index (χ3v) is 4.87. The number of nitro groups is 1. The lowest BCUT2D eigenvalue weighted by Gasteiger charge is -2.40. The molecule has 29 heavy (non-hydrogen) atoms. The number of nitrogens with one attached hydrogen (secondary N) is 1. The molecular weight excluding hydrogens is 398 g/mol. The number of allylic oxidation sites excluding steroid dienone is 1. The van der Waals surface area contributed by atoms with E-state index in [-0.39, 0.29) is 24.9 Å². The lowest BCUT2D eigenvalue weighted by Crippen LogP contribution is -2.52. The average Bonchev–Trinajstić information content (AvgIpc) is 2.68. The highest BCUT2D eigenvalue weighted by Gasteiger charge is 2.36. The Labute approximate surface area is 174 Å². The van der Waals surface area contributed by atoms with E-state index in [2.05, 4.69) is 5.32 Å². The molecule has 9 nitrogen and oxygen atoms in total. The molecule has 0 aromatic heterocycles. The number of hydrogen-bond donors (Lipinski definition) is 1. The third-order valence-electron chi connectivity index (χ3n) is 4.55. The molecule has 1 N–H and O–H groups in total. The fraction of sp³-hybridized carbons (Fsp3) is 0.474. The third kappa shape index (κ3) is 5.28. The van der Waals surface area contributed by atoms with E-state index in [1.54, 1.807) is 26.2 Å². The second-order valence-electron chi connectivity index (χ2n) is 6.53. The standard InChI is InChI=1S/C19H25N3O6S/c1-12(11-27-4)21-13(2)16(18(23)28-10-9-26-3)17(20-19(21)29)14-5-7-15(8-6-14)22(24)25/h5-8,12,17H,9-11H2,1-4H3,(H,20,29)/t12-,17+/m0/s1. The average molecular weight is 423 g/mol. The van der Waals surface area contributed by atoms with Gasteiger partial charge < -0.3 is 24.4 Å². The Balaban J connectivity index is 2.46. The van der Waals surface area contributed by atoms with Gasteiger partial charge in [0.25, 0.3) is 5.69 Å². The van der Waals surface area contributed by atoms with Crippen molar-refractivity contribution in [3.63, 3.8) is 0 Å². The minimum Gasteiger partial charge on any atom is -0.460 e. The van der Waals surface area contributed by atoms with Gasteiger partial charge in [-0.15, -0.1) is 0 Å². The van der Waals surface area contributed by atoms with Gasteiger partial charge in [0.15, 0.2) is 5.11 Å². The van der Waals surface area contributed by atoms with Crippen LogP contribution < -0.4 is 5.32 Å². The van der Waals surface area contributed by atoms with E-state index in [9.17, 15) is 14.9 Å². The number of rotatable bonds is 9. The molecule has 0 fully saturated rings. The van der Waals surface area contributed by atoms with Gasteiger partial charge >= 0.3 is 5.97 Å². The molecule has 2 atom stereocenters. The maximum Gasteiger partial charge on any atom is 0.338 e. The van der Waals surface area contributed by atoms with Gasteiger partial charge in [0, 0.05) is 32.0 Å². The largest absolute Gasteiger partial charge is 0.460 e. The van der Waals surface area contributed by atoms with Crippen LogP contribution in [-0.2, 0) is 19.0 Å². The number of hydrogen-bond acceptors (Lipinski definition) is 7. The van der Waals surface area contributed by atoms with Crippen molar-refractivity contribution in [2.45, 2.75) is 25.9 Å². The lowest BCUT2D eigenvalue weighted by atomic mass is 9.94. The van der Waals surface area contributed by atoms with Crippen LogP contribution in [0.3, 0.4) is 0 Å².